The smallest absolute Gasteiger partial charge is 0.223 e. The van der Waals surface area contributed by atoms with E-state index in [1.165, 1.54) is 16.7 Å². The Hall–Kier alpha value is -1.83. The van der Waals surface area contributed by atoms with Crippen LogP contribution in [0.5, 0.6) is 0 Å². The van der Waals surface area contributed by atoms with Gasteiger partial charge in [0.05, 0.1) is 0 Å². The van der Waals surface area contributed by atoms with Crippen molar-refractivity contribution in [2.45, 2.75) is 60.8 Å². The Morgan fingerprint density at radius 3 is 2.43 bits per heavy atom. The molecule has 1 N–H and O–H groups in total. The van der Waals surface area contributed by atoms with E-state index < -0.39 is 0 Å². The largest absolute Gasteiger partial charge is 0.359 e. The van der Waals surface area contributed by atoms with Crippen LogP contribution >= 0.6 is 0 Å². The monoisotopic (exact) mass is 317 g/mol. The van der Waals surface area contributed by atoms with Gasteiger partial charge in [0.2, 0.25) is 5.91 Å². The molecular formula is C21H35NO. The molecule has 0 unspecified atom stereocenters. The number of nitrogens with one attached hydrogen (secondary N) is 1. The zero-order valence-corrected chi connectivity index (χ0v) is 16.1. The highest BCUT2D eigenvalue weighted by Gasteiger charge is 2.01. The SMILES string of the molecule is CC.CC.CC/C=C(\C=C/CC(=O)NC)C1=CC=C(C)CC=C1. The van der Waals surface area contributed by atoms with Gasteiger partial charge in [-0.15, -0.1) is 0 Å². The standard InChI is InChI=1S/C17H23NO.2C2H6/c1-4-7-15(10-6-11-17(19)18-3)16-9-5-8-14(2)12-13-16;2*1-2/h5-7,9-10,12-13H,4,8,11H2,1-3H3,(H,18,19);2*1-2H3/b10-6-,15-7+;;. The van der Waals surface area contributed by atoms with Gasteiger partial charge in [0.1, 0.15) is 0 Å². The zero-order chi connectivity index (χ0) is 18.1. The van der Waals surface area contributed by atoms with Crippen LogP contribution in [-0.4, -0.2) is 13.0 Å². The van der Waals surface area contributed by atoms with Gasteiger partial charge in [-0.3, -0.25) is 4.79 Å². The van der Waals surface area contributed by atoms with Gasteiger partial charge in [0.15, 0.2) is 0 Å². The molecule has 1 aliphatic rings. The number of hydrogen-bond donors (Lipinski definition) is 1. The maximum atomic E-state index is 11.2. The summed E-state index contributed by atoms with van der Waals surface area (Å²) in [5.74, 6) is 0.0354. The van der Waals surface area contributed by atoms with Crippen LogP contribution in [0.1, 0.15) is 60.8 Å². The lowest BCUT2D eigenvalue weighted by Crippen LogP contribution is -2.15. The second-order valence-electron chi connectivity index (χ2n) is 4.59. The Bertz CT molecular complexity index is 462. The van der Waals surface area contributed by atoms with Gasteiger partial charge in [-0.05, 0) is 30.9 Å². The average molecular weight is 318 g/mol. The number of carbonyl (C=O) groups excluding carboxylic acids is 1. The van der Waals surface area contributed by atoms with E-state index in [0.717, 1.165) is 12.8 Å². The van der Waals surface area contributed by atoms with Crippen LogP contribution in [0.15, 0.2) is 59.3 Å². The minimum atomic E-state index is 0.0354. The molecule has 0 aromatic heterocycles. The quantitative estimate of drug-likeness (QED) is 0.628. The second-order valence-corrected chi connectivity index (χ2v) is 4.59. The van der Waals surface area contributed by atoms with Crippen molar-refractivity contribution in [1.82, 2.24) is 5.32 Å². The van der Waals surface area contributed by atoms with E-state index in [9.17, 15) is 4.79 Å². The third kappa shape index (κ3) is 11.4. The molecule has 0 atom stereocenters. The summed E-state index contributed by atoms with van der Waals surface area (Å²) in [7, 11) is 1.66. The van der Waals surface area contributed by atoms with Gasteiger partial charge in [-0.2, -0.15) is 0 Å². The summed E-state index contributed by atoms with van der Waals surface area (Å²) in [4.78, 5) is 11.2. The van der Waals surface area contributed by atoms with Gasteiger partial charge in [-0.1, -0.05) is 82.7 Å². The predicted octanol–water partition coefficient (Wildman–Crippen LogP) is 5.90. The topological polar surface area (TPSA) is 29.1 Å². The Morgan fingerprint density at radius 2 is 1.87 bits per heavy atom. The fraction of sp³-hybridized carbons (Fsp3) is 0.476. The molecule has 0 heterocycles. The first-order valence-electron chi connectivity index (χ1n) is 8.79. The summed E-state index contributed by atoms with van der Waals surface area (Å²) in [6.45, 7) is 12.3. The number of rotatable bonds is 5. The number of carbonyl (C=O) groups is 1. The molecule has 1 amide bonds. The van der Waals surface area contributed by atoms with Crippen LogP contribution in [0.3, 0.4) is 0 Å². The summed E-state index contributed by atoms with van der Waals surface area (Å²) in [5, 5.41) is 2.62. The molecule has 2 nitrogen and oxygen atoms in total. The molecule has 23 heavy (non-hydrogen) atoms. The van der Waals surface area contributed by atoms with Gasteiger partial charge in [0.25, 0.3) is 0 Å². The second kappa shape index (κ2) is 16.5. The van der Waals surface area contributed by atoms with E-state index >= 15 is 0 Å². The van der Waals surface area contributed by atoms with Crippen molar-refractivity contribution >= 4 is 5.91 Å². The molecule has 1 aliphatic carbocycles. The summed E-state index contributed by atoms with van der Waals surface area (Å²) >= 11 is 0. The molecule has 0 aliphatic heterocycles. The van der Waals surface area contributed by atoms with Crippen LogP contribution in [0.2, 0.25) is 0 Å². The van der Waals surface area contributed by atoms with E-state index in [1.807, 2.05) is 39.8 Å². The summed E-state index contributed by atoms with van der Waals surface area (Å²) in [6, 6.07) is 0. The van der Waals surface area contributed by atoms with Gasteiger partial charge in [0, 0.05) is 13.5 Å². The van der Waals surface area contributed by atoms with Crippen LogP contribution in [0.25, 0.3) is 0 Å². The van der Waals surface area contributed by atoms with E-state index in [0.29, 0.717) is 6.42 Å². The minimum absolute atomic E-state index is 0.0354. The molecule has 0 bridgehead atoms. The van der Waals surface area contributed by atoms with Gasteiger partial charge >= 0.3 is 0 Å². The van der Waals surface area contributed by atoms with Crippen molar-refractivity contribution in [3.63, 3.8) is 0 Å². The minimum Gasteiger partial charge on any atom is -0.359 e. The third-order valence-corrected chi connectivity index (χ3v) is 2.92. The van der Waals surface area contributed by atoms with Crippen LogP contribution in [0, 0.1) is 0 Å². The van der Waals surface area contributed by atoms with Crippen molar-refractivity contribution in [2.75, 3.05) is 7.05 Å². The lowest BCUT2D eigenvalue weighted by atomic mass is 10.0. The first-order chi connectivity index (χ1) is 11.2. The Morgan fingerprint density at radius 1 is 1.22 bits per heavy atom. The molecule has 0 aromatic carbocycles. The first kappa shape index (κ1) is 23.4. The molecule has 0 spiro atoms. The van der Waals surface area contributed by atoms with Gasteiger partial charge in [-0.25, -0.2) is 0 Å². The molecule has 1 rings (SSSR count). The third-order valence-electron chi connectivity index (χ3n) is 2.92. The molecule has 2 heteroatoms. The van der Waals surface area contributed by atoms with E-state index in [4.69, 9.17) is 0 Å². The fourth-order valence-corrected chi connectivity index (χ4v) is 1.82. The maximum Gasteiger partial charge on any atom is 0.223 e. The highest BCUT2D eigenvalue weighted by atomic mass is 16.1. The summed E-state index contributed by atoms with van der Waals surface area (Å²) in [6.07, 6.45) is 17.2. The summed E-state index contributed by atoms with van der Waals surface area (Å²) in [5.41, 5.74) is 3.73. The number of amides is 1. The molecule has 0 saturated carbocycles. The average Bonchev–Trinajstić information content (AvgIpc) is 2.82. The lowest BCUT2D eigenvalue weighted by Gasteiger charge is -2.03. The molecule has 130 valence electrons. The highest BCUT2D eigenvalue weighted by molar-refractivity contribution is 5.77. The summed E-state index contributed by atoms with van der Waals surface area (Å²) < 4.78 is 0. The molecule has 0 radical (unpaired) electrons. The van der Waals surface area contributed by atoms with Crippen molar-refractivity contribution < 1.29 is 4.79 Å². The van der Waals surface area contributed by atoms with E-state index in [1.54, 1.807) is 7.05 Å². The first-order valence-corrected chi connectivity index (χ1v) is 8.79. The van der Waals surface area contributed by atoms with E-state index in [-0.39, 0.29) is 5.91 Å². The van der Waals surface area contributed by atoms with Crippen molar-refractivity contribution in [1.29, 1.82) is 0 Å². The van der Waals surface area contributed by atoms with Crippen LogP contribution in [-0.2, 0) is 4.79 Å². The zero-order valence-electron chi connectivity index (χ0n) is 16.1. The highest BCUT2D eigenvalue weighted by Crippen LogP contribution is 2.19. The fourth-order valence-electron chi connectivity index (χ4n) is 1.82. The van der Waals surface area contributed by atoms with Crippen LogP contribution in [0.4, 0.5) is 0 Å². The Kier molecular flexibility index (Phi) is 16.9. The molecule has 0 aromatic rings. The lowest BCUT2D eigenvalue weighted by molar-refractivity contribution is -0.119. The van der Waals surface area contributed by atoms with Crippen molar-refractivity contribution in [3.05, 3.63) is 59.3 Å². The maximum absolute atomic E-state index is 11.2. The predicted molar refractivity (Wildman–Crippen MR) is 104 cm³/mol. The van der Waals surface area contributed by atoms with E-state index in [2.05, 4.69) is 49.5 Å². The van der Waals surface area contributed by atoms with Crippen LogP contribution < -0.4 is 5.32 Å². The Labute approximate surface area is 143 Å². The van der Waals surface area contributed by atoms with Crippen molar-refractivity contribution in [3.8, 4) is 0 Å². The molecule has 0 saturated heterocycles. The van der Waals surface area contributed by atoms with Crippen molar-refractivity contribution in [2.24, 2.45) is 0 Å². The Balaban J connectivity index is 0. The number of allylic oxidation sites excluding steroid dienone is 9. The number of hydrogen-bond acceptors (Lipinski definition) is 1. The molecule has 0 fully saturated rings. The molecular weight excluding hydrogens is 282 g/mol. The van der Waals surface area contributed by atoms with Gasteiger partial charge < -0.3 is 5.32 Å². The normalized spacial score (nSPS) is 13.8.